The topological polar surface area (TPSA) is 124 Å². The van der Waals surface area contributed by atoms with Crippen molar-refractivity contribution in [3.8, 4) is 0 Å². The normalized spacial score (nSPS) is 27.4. The number of hydrogen-bond donors (Lipinski definition) is 2. The molecule has 0 radical (unpaired) electrons. The summed E-state index contributed by atoms with van der Waals surface area (Å²) >= 11 is 0. The van der Waals surface area contributed by atoms with Crippen LogP contribution in [-0.2, 0) is 19.1 Å². The Morgan fingerprint density at radius 2 is 1.78 bits per heavy atom. The van der Waals surface area contributed by atoms with Gasteiger partial charge in [0, 0.05) is 36.7 Å². The second-order valence-electron chi connectivity index (χ2n) is 13.7. The number of nitrogens with two attached hydrogens (primary N) is 1. The van der Waals surface area contributed by atoms with Gasteiger partial charge in [0.1, 0.15) is 18.3 Å². The van der Waals surface area contributed by atoms with Gasteiger partial charge in [0.25, 0.3) is 0 Å². The number of carbonyl (C=O) groups is 3. The molecule has 1 saturated heterocycles. The van der Waals surface area contributed by atoms with E-state index in [1.165, 1.54) is 0 Å². The van der Waals surface area contributed by atoms with Crippen LogP contribution in [0, 0.1) is 23.7 Å². The Kier molecular flexibility index (Phi) is 12.1. The quantitative estimate of drug-likeness (QED) is 0.186. The monoisotopic (exact) mass is 641 g/mol. The first-order chi connectivity index (χ1) is 22.3. The summed E-state index contributed by atoms with van der Waals surface area (Å²) in [6.45, 7) is 2.50. The minimum Gasteiger partial charge on any atom is -0.460 e. The molecular weight excluding hydrogens is 589 g/mol. The fourth-order valence-electron chi connectivity index (χ4n) is 8.00. The van der Waals surface area contributed by atoms with Gasteiger partial charge in [0.05, 0.1) is 12.7 Å². The summed E-state index contributed by atoms with van der Waals surface area (Å²) < 4.78 is 29.9. The fraction of sp³-hybridized carbons (Fsp3) is 0.694. The van der Waals surface area contributed by atoms with Crippen LogP contribution in [0.4, 0.5) is 10.1 Å². The number of unbranched alkanes of at least 4 members (excludes halogenated alkanes) is 3. The van der Waals surface area contributed by atoms with E-state index in [4.69, 9.17) is 19.6 Å². The molecule has 0 bridgehead atoms. The number of nitrogens with one attached hydrogen (secondary N) is 1. The molecule has 10 heteroatoms. The van der Waals surface area contributed by atoms with E-state index in [0.29, 0.717) is 48.6 Å². The van der Waals surface area contributed by atoms with E-state index in [1.54, 1.807) is 31.4 Å². The molecule has 1 aromatic carbocycles. The van der Waals surface area contributed by atoms with Crippen LogP contribution in [0.2, 0.25) is 0 Å². The number of ether oxygens (including phenoxy) is 2. The minimum absolute atomic E-state index is 0.0311. The van der Waals surface area contributed by atoms with Crippen molar-refractivity contribution < 1.29 is 32.7 Å². The third kappa shape index (κ3) is 8.11. The average molecular weight is 642 g/mol. The van der Waals surface area contributed by atoms with Crippen molar-refractivity contribution in [2.75, 3.05) is 32.3 Å². The predicted molar refractivity (Wildman–Crippen MR) is 175 cm³/mol. The first-order valence-corrected chi connectivity index (χ1v) is 17.5. The van der Waals surface area contributed by atoms with Gasteiger partial charge in [-0.15, -0.1) is 0 Å². The second kappa shape index (κ2) is 16.2. The van der Waals surface area contributed by atoms with Crippen molar-refractivity contribution in [2.45, 2.75) is 109 Å². The molecule has 1 aromatic heterocycles. The number of likely N-dealkylation sites (tertiary alicyclic amines) is 1. The zero-order valence-corrected chi connectivity index (χ0v) is 27.5. The number of benzene rings is 1. The lowest BCUT2D eigenvalue weighted by atomic mass is 9.75. The molecule has 2 aliphatic carbocycles. The summed E-state index contributed by atoms with van der Waals surface area (Å²) in [5.41, 5.74) is 7.09. The van der Waals surface area contributed by atoms with Crippen LogP contribution in [0.25, 0.3) is 11.0 Å². The number of anilines is 1. The van der Waals surface area contributed by atoms with Crippen LogP contribution in [0.1, 0.15) is 101 Å². The number of fused-ring (bicyclic) bond motifs is 1. The third-order valence-electron chi connectivity index (χ3n) is 10.8. The first kappa shape index (κ1) is 34.4. The smallest absolute Gasteiger partial charge is 0.374 e. The van der Waals surface area contributed by atoms with Crippen LogP contribution in [-0.4, -0.2) is 67.8 Å². The van der Waals surface area contributed by atoms with Crippen LogP contribution in [0.3, 0.4) is 0 Å². The SMILES string of the molecule is CCCCCCOC(=O)c1cc2cc(NC(=O)[C@@H]3[C@H](C4CCC(OC)CC4)CCN3C(=O)[C@H]3CC[C@H]([C@H](N)CF)CC3)ccc2o1. The Morgan fingerprint density at radius 1 is 1.02 bits per heavy atom. The molecule has 2 saturated carbocycles. The van der Waals surface area contributed by atoms with Crippen molar-refractivity contribution >= 4 is 34.4 Å². The molecule has 254 valence electrons. The highest BCUT2D eigenvalue weighted by molar-refractivity contribution is 6.00. The van der Waals surface area contributed by atoms with E-state index in [-0.39, 0.29) is 41.4 Å². The van der Waals surface area contributed by atoms with Gasteiger partial charge in [-0.05, 0) is 106 Å². The van der Waals surface area contributed by atoms with Crippen molar-refractivity contribution in [3.63, 3.8) is 0 Å². The van der Waals surface area contributed by atoms with Gasteiger partial charge in [-0.1, -0.05) is 26.2 Å². The zero-order valence-electron chi connectivity index (χ0n) is 27.5. The van der Waals surface area contributed by atoms with Crippen LogP contribution in [0.5, 0.6) is 0 Å². The maximum absolute atomic E-state index is 14.1. The molecule has 3 atom stereocenters. The zero-order chi connectivity index (χ0) is 32.6. The first-order valence-electron chi connectivity index (χ1n) is 17.5. The van der Waals surface area contributed by atoms with E-state index in [2.05, 4.69) is 12.2 Å². The number of nitrogens with zero attached hydrogens (tertiary/aromatic N) is 1. The Bertz CT molecular complexity index is 1320. The van der Waals surface area contributed by atoms with Crippen LogP contribution in [0.15, 0.2) is 28.7 Å². The number of rotatable bonds is 13. The number of halogens is 1. The van der Waals surface area contributed by atoms with E-state index in [0.717, 1.165) is 70.6 Å². The van der Waals surface area contributed by atoms with Gasteiger partial charge < -0.3 is 29.8 Å². The molecule has 2 heterocycles. The lowest BCUT2D eigenvalue weighted by Gasteiger charge is -2.37. The summed E-state index contributed by atoms with van der Waals surface area (Å²) in [5.74, 6) is -0.189. The maximum Gasteiger partial charge on any atom is 0.374 e. The second-order valence-corrected chi connectivity index (χ2v) is 13.7. The molecular formula is C36H52FN3O6. The van der Waals surface area contributed by atoms with Crippen molar-refractivity contribution in [2.24, 2.45) is 29.4 Å². The van der Waals surface area contributed by atoms with Crippen molar-refractivity contribution in [1.82, 2.24) is 4.90 Å². The Labute approximate surface area is 272 Å². The molecule has 3 N–H and O–H groups in total. The predicted octanol–water partition coefficient (Wildman–Crippen LogP) is 6.63. The number of hydrogen-bond acceptors (Lipinski definition) is 7. The molecule has 5 rings (SSSR count). The van der Waals surface area contributed by atoms with Gasteiger partial charge >= 0.3 is 5.97 Å². The lowest BCUT2D eigenvalue weighted by Crippen LogP contribution is -2.50. The molecule has 1 aliphatic heterocycles. The van der Waals surface area contributed by atoms with Crippen molar-refractivity contribution in [1.29, 1.82) is 0 Å². The molecule has 3 fully saturated rings. The molecule has 0 spiro atoms. The molecule has 2 amide bonds. The molecule has 2 aromatic rings. The number of methoxy groups -OCH3 is 1. The summed E-state index contributed by atoms with van der Waals surface area (Å²) in [6, 6.07) is 5.90. The van der Waals surface area contributed by atoms with Gasteiger partial charge in [-0.25, -0.2) is 9.18 Å². The van der Waals surface area contributed by atoms with Crippen molar-refractivity contribution in [3.05, 3.63) is 30.0 Å². The Morgan fingerprint density at radius 3 is 2.48 bits per heavy atom. The Hall–Kier alpha value is -2.98. The highest BCUT2D eigenvalue weighted by Crippen LogP contribution is 2.42. The van der Waals surface area contributed by atoms with Gasteiger partial charge in [-0.3, -0.25) is 9.59 Å². The largest absolute Gasteiger partial charge is 0.460 e. The molecule has 9 nitrogen and oxygen atoms in total. The van der Waals surface area contributed by atoms with E-state index in [9.17, 15) is 18.8 Å². The summed E-state index contributed by atoms with van der Waals surface area (Å²) in [5, 5.41) is 3.79. The van der Waals surface area contributed by atoms with E-state index in [1.807, 2.05) is 4.90 Å². The number of amides is 2. The summed E-state index contributed by atoms with van der Waals surface area (Å²) in [6.07, 6.45) is 11.8. The summed E-state index contributed by atoms with van der Waals surface area (Å²) in [7, 11) is 1.75. The maximum atomic E-state index is 14.1. The highest BCUT2D eigenvalue weighted by Gasteiger charge is 2.47. The van der Waals surface area contributed by atoms with Gasteiger partial charge in [0.2, 0.25) is 17.6 Å². The number of alkyl halides is 1. The lowest BCUT2D eigenvalue weighted by molar-refractivity contribution is -0.142. The van der Waals surface area contributed by atoms with E-state index < -0.39 is 24.7 Å². The molecule has 3 aliphatic rings. The molecule has 0 unspecified atom stereocenters. The van der Waals surface area contributed by atoms with Crippen LogP contribution < -0.4 is 11.1 Å². The van der Waals surface area contributed by atoms with Crippen LogP contribution >= 0.6 is 0 Å². The Balaban J connectivity index is 1.28. The van der Waals surface area contributed by atoms with E-state index >= 15 is 0 Å². The van der Waals surface area contributed by atoms with Gasteiger partial charge in [-0.2, -0.15) is 0 Å². The standard InChI is InChI=1S/C36H52FN3O6/c1-3-4-5-6-19-45-36(43)32-21-26-20-27(13-16-31(26)46-32)39-34(41)33-29(23-11-14-28(44-2)15-12-23)17-18-40(33)35(42)25-9-7-24(8-10-25)30(38)22-37/h13,16,20-21,23-25,28-30,33H,3-12,14-15,17-19,22,38H2,1-2H3,(H,39,41)/t23?,24-,25-,28?,29-,30+,33-/m0/s1. The highest BCUT2D eigenvalue weighted by atomic mass is 19.1. The minimum atomic E-state index is -0.569. The third-order valence-corrected chi connectivity index (χ3v) is 10.8. The molecule has 46 heavy (non-hydrogen) atoms. The number of esters is 1. The number of furan rings is 1. The summed E-state index contributed by atoms with van der Waals surface area (Å²) in [4.78, 5) is 42.5. The number of carbonyl (C=O) groups excluding carboxylic acids is 3. The fourth-order valence-corrected chi connectivity index (χ4v) is 8.00. The average Bonchev–Trinajstić information content (AvgIpc) is 3.72. The van der Waals surface area contributed by atoms with Gasteiger partial charge in [0.15, 0.2) is 0 Å².